The smallest absolute Gasteiger partial charge is 0.508 e. The maximum absolute atomic E-state index is 11.9. The summed E-state index contributed by atoms with van der Waals surface area (Å²) in [4.78, 5) is 0. The molecule has 2 nitrogen and oxygen atoms in total. The Kier molecular flexibility index (Phi) is 18.3. The predicted molar refractivity (Wildman–Crippen MR) is 148 cm³/mol. The van der Waals surface area contributed by atoms with Crippen molar-refractivity contribution in [2.24, 2.45) is 0 Å². The van der Waals surface area contributed by atoms with Crippen LogP contribution in [0.2, 0.25) is 0 Å². The van der Waals surface area contributed by atoms with Crippen LogP contribution < -0.4 is 0 Å². The number of benzene rings is 2. The molecule has 0 spiro atoms. The molecule has 4 rings (SSSR count). The fourth-order valence-corrected chi connectivity index (χ4v) is 3.29. The number of phenols is 2. The molecule has 0 fully saturated rings. The maximum Gasteiger partial charge on any atom is 2.00 e. The van der Waals surface area contributed by atoms with E-state index in [1.165, 1.54) is 61.8 Å². The number of halogens is 6. The van der Waals surface area contributed by atoms with Crippen molar-refractivity contribution in [2.75, 3.05) is 0 Å². The number of hydrogen-bond acceptors (Lipinski definition) is 2. The molecule has 0 radical (unpaired) electrons. The van der Waals surface area contributed by atoms with E-state index in [0.29, 0.717) is 12.1 Å². The molecular weight excluding hydrogens is 582 g/mol. The first-order valence-electron chi connectivity index (χ1n) is 13.0. The number of rotatable bonds is 6. The summed E-state index contributed by atoms with van der Waals surface area (Å²) in [5.74, 6) is -0.750. The first-order valence-corrected chi connectivity index (χ1v) is 13.0. The third kappa shape index (κ3) is 17.3. The predicted octanol–water partition coefficient (Wildman–Crippen LogP) is 10.3. The van der Waals surface area contributed by atoms with Crippen molar-refractivity contribution < 1.29 is 53.9 Å². The summed E-state index contributed by atoms with van der Waals surface area (Å²) < 4.78 is 71.1. The van der Waals surface area contributed by atoms with E-state index >= 15 is 0 Å². The number of unbranched alkanes of at least 4 members (excludes halogenated alkanes) is 2. The molecule has 0 atom stereocenters. The van der Waals surface area contributed by atoms with Gasteiger partial charge < -0.3 is 10.2 Å². The van der Waals surface area contributed by atoms with Crippen molar-refractivity contribution >= 4 is 0 Å². The fourth-order valence-electron chi connectivity index (χ4n) is 3.29. The SMILES string of the molecule is CCCC[c-]1cccc1.CCCC[c-]1cccc1.Oc1cccc(C(F)(F)F)c1.Oc1cccc(C(F)(F)F)c1.[Cr+2]. The summed E-state index contributed by atoms with van der Waals surface area (Å²) in [5, 5.41) is 17.4. The molecule has 4 aromatic carbocycles. The van der Waals surface area contributed by atoms with Crippen molar-refractivity contribution in [2.45, 2.75) is 64.7 Å². The van der Waals surface area contributed by atoms with Crippen molar-refractivity contribution in [3.05, 3.63) is 119 Å². The number of hydrogen-bond donors (Lipinski definition) is 2. The van der Waals surface area contributed by atoms with Gasteiger partial charge in [-0.05, 0) is 36.4 Å². The van der Waals surface area contributed by atoms with Gasteiger partial charge in [0.25, 0.3) is 0 Å². The second kappa shape index (κ2) is 19.8. The largest absolute Gasteiger partial charge is 2.00 e. The number of phenolic OH excluding ortho intramolecular Hbond substituents is 2. The topological polar surface area (TPSA) is 40.5 Å². The molecule has 0 bridgehead atoms. The third-order valence-electron chi connectivity index (χ3n) is 5.45. The van der Waals surface area contributed by atoms with Gasteiger partial charge in [0.05, 0.1) is 11.1 Å². The first-order chi connectivity index (χ1) is 18.9. The summed E-state index contributed by atoms with van der Waals surface area (Å²) in [6, 6.07) is 25.0. The van der Waals surface area contributed by atoms with Crippen LogP contribution in [0.5, 0.6) is 11.5 Å². The monoisotopic (exact) mass is 618 g/mol. The Morgan fingerprint density at radius 3 is 1.10 bits per heavy atom. The molecule has 0 aliphatic rings. The minimum atomic E-state index is -4.38. The summed E-state index contributed by atoms with van der Waals surface area (Å²) >= 11 is 0. The van der Waals surface area contributed by atoms with Crippen LogP contribution in [0.3, 0.4) is 0 Å². The van der Waals surface area contributed by atoms with Gasteiger partial charge in [-0.1, -0.05) is 64.5 Å². The molecule has 0 aliphatic heterocycles. The molecule has 9 heteroatoms. The van der Waals surface area contributed by atoms with Crippen LogP contribution in [0.25, 0.3) is 0 Å². The fraction of sp³-hybridized carbons (Fsp3) is 0.312. The van der Waals surface area contributed by atoms with Crippen LogP contribution in [-0.2, 0) is 42.6 Å². The Morgan fingerprint density at radius 1 is 0.561 bits per heavy atom. The van der Waals surface area contributed by atoms with E-state index in [1.807, 2.05) is 0 Å². The second-order valence-electron chi connectivity index (χ2n) is 8.89. The van der Waals surface area contributed by atoms with E-state index in [2.05, 4.69) is 62.4 Å². The molecule has 0 aromatic heterocycles. The Bertz CT molecular complexity index is 1070. The number of aryl methyl sites for hydroxylation is 2. The molecule has 2 N–H and O–H groups in total. The molecule has 0 unspecified atom stereocenters. The van der Waals surface area contributed by atoms with Gasteiger partial charge >= 0.3 is 29.7 Å². The van der Waals surface area contributed by atoms with Gasteiger partial charge in [-0.3, -0.25) is 0 Å². The molecule has 224 valence electrons. The molecule has 41 heavy (non-hydrogen) atoms. The van der Waals surface area contributed by atoms with Gasteiger partial charge in [-0.2, -0.15) is 61.7 Å². The van der Waals surface area contributed by atoms with E-state index in [4.69, 9.17) is 10.2 Å². The molecule has 0 aliphatic carbocycles. The Morgan fingerprint density at radius 2 is 0.878 bits per heavy atom. The normalized spacial score (nSPS) is 10.5. The van der Waals surface area contributed by atoms with Gasteiger partial charge in [0.15, 0.2) is 0 Å². The van der Waals surface area contributed by atoms with Gasteiger partial charge in [-0.15, -0.1) is 0 Å². The van der Waals surface area contributed by atoms with Gasteiger partial charge in [0.1, 0.15) is 11.5 Å². The molecule has 0 saturated heterocycles. The maximum atomic E-state index is 11.9. The van der Waals surface area contributed by atoms with Crippen molar-refractivity contribution in [1.82, 2.24) is 0 Å². The molecule has 0 saturated carbocycles. The Labute approximate surface area is 249 Å². The standard InChI is InChI=1S/2C9H13.2C7H5F3O.Cr/c2*1-2-3-6-9-7-4-5-8-9;2*8-7(9,10)5-2-1-3-6(11)4-5;/h2*4-5,7-8H,2-3,6H2,1H3;2*1-4,11H;/q2*-1;;;+2. The molecule has 0 heterocycles. The zero-order chi connectivity index (χ0) is 30.0. The van der Waals surface area contributed by atoms with Gasteiger partial charge in [0, 0.05) is 0 Å². The summed E-state index contributed by atoms with van der Waals surface area (Å²) in [6.45, 7) is 4.45. The van der Waals surface area contributed by atoms with E-state index in [-0.39, 0.29) is 28.9 Å². The zero-order valence-electron chi connectivity index (χ0n) is 23.1. The average Bonchev–Trinajstić information content (AvgIpc) is 3.61. The second-order valence-corrected chi connectivity index (χ2v) is 8.89. The number of aromatic hydroxyl groups is 2. The summed E-state index contributed by atoms with van der Waals surface area (Å²) in [5.41, 5.74) is 1.30. The van der Waals surface area contributed by atoms with Crippen molar-refractivity contribution in [1.29, 1.82) is 0 Å². The first kappa shape index (κ1) is 37.9. The van der Waals surface area contributed by atoms with Crippen molar-refractivity contribution in [3.8, 4) is 11.5 Å². The minimum absolute atomic E-state index is 0. The van der Waals surface area contributed by atoms with Gasteiger partial charge in [0.2, 0.25) is 0 Å². The van der Waals surface area contributed by atoms with Crippen LogP contribution in [0, 0.1) is 0 Å². The Balaban J connectivity index is 0.000000518. The van der Waals surface area contributed by atoms with Crippen LogP contribution in [0.1, 0.15) is 61.8 Å². The number of alkyl halides is 6. The minimum Gasteiger partial charge on any atom is -0.508 e. The molecule has 0 amide bonds. The van der Waals surface area contributed by atoms with Crippen LogP contribution in [0.4, 0.5) is 26.3 Å². The van der Waals surface area contributed by atoms with E-state index in [9.17, 15) is 26.3 Å². The van der Waals surface area contributed by atoms with E-state index in [1.54, 1.807) is 0 Å². The molecule has 4 aromatic rings. The van der Waals surface area contributed by atoms with Gasteiger partial charge in [-0.25, -0.2) is 24.3 Å². The summed E-state index contributed by atoms with van der Waals surface area (Å²) in [7, 11) is 0. The van der Waals surface area contributed by atoms with E-state index < -0.39 is 23.5 Å². The van der Waals surface area contributed by atoms with Crippen LogP contribution >= 0.6 is 0 Å². The quantitative estimate of drug-likeness (QED) is 0.167. The summed E-state index contributed by atoms with van der Waals surface area (Å²) in [6.07, 6.45) is -1.01. The van der Waals surface area contributed by atoms with Crippen LogP contribution in [0.15, 0.2) is 97.1 Å². The van der Waals surface area contributed by atoms with Crippen molar-refractivity contribution in [3.63, 3.8) is 0 Å². The Hall–Kier alpha value is -3.15. The van der Waals surface area contributed by atoms with Crippen LogP contribution in [-0.4, -0.2) is 10.2 Å². The average molecular weight is 619 g/mol. The zero-order valence-corrected chi connectivity index (χ0v) is 24.3. The third-order valence-corrected chi connectivity index (χ3v) is 5.45. The van der Waals surface area contributed by atoms with E-state index in [0.717, 1.165) is 24.3 Å². The molecular formula is C32H36CrF6O2.